The number of nitrogens with two attached hydrogens (primary N) is 1. The summed E-state index contributed by atoms with van der Waals surface area (Å²) in [7, 11) is 0. The van der Waals surface area contributed by atoms with E-state index in [0.717, 1.165) is 18.6 Å². The Hall–Kier alpha value is -1.85. The molecule has 0 aromatic carbocycles. The second-order valence-corrected chi connectivity index (χ2v) is 3.06. The summed E-state index contributed by atoms with van der Waals surface area (Å²) in [5.74, 6) is 0.0952. The maximum atomic E-state index is 10.7. The van der Waals surface area contributed by atoms with Crippen molar-refractivity contribution in [1.82, 2.24) is 14.8 Å². The third kappa shape index (κ3) is 1.46. The second kappa shape index (κ2) is 3.13. The van der Waals surface area contributed by atoms with Gasteiger partial charge in [-0.3, -0.25) is 4.79 Å². The summed E-state index contributed by atoms with van der Waals surface area (Å²) in [4.78, 5) is 14.5. The number of hydrogen-bond donors (Lipinski definition) is 1. The number of primary amides is 1. The van der Waals surface area contributed by atoms with Gasteiger partial charge in [0.05, 0.1) is 5.76 Å². The van der Waals surface area contributed by atoms with Gasteiger partial charge in [0.2, 0.25) is 5.82 Å². The third-order valence-corrected chi connectivity index (χ3v) is 2.00. The second-order valence-electron chi connectivity index (χ2n) is 3.06. The Morgan fingerprint density at radius 3 is 3.07 bits per heavy atom. The number of allylic oxidation sites excluding steroid dienone is 1. The van der Waals surface area contributed by atoms with E-state index in [4.69, 9.17) is 10.5 Å². The minimum Gasteiger partial charge on any atom is -0.474 e. The Morgan fingerprint density at radius 2 is 2.57 bits per heavy atom. The van der Waals surface area contributed by atoms with Crippen LogP contribution in [0.15, 0.2) is 18.7 Å². The van der Waals surface area contributed by atoms with Gasteiger partial charge in [-0.2, -0.15) is 0 Å². The third-order valence-electron chi connectivity index (χ3n) is 2.00. The summed E-state index contributed by atoms with van der Waals surface area (Å²) in [6.07, 6.45) is 2.82. The fraction of sp³-hybridized carbons (Fsp3) is 0.375. The molecule has 1 aliphatic heterocycles. The molecule has 2 N–H and O–H groups in total. The zero-order valence-electron chi connectivity index (χ0n) is 7.51. The van der Waals surface area contributed by atoms with E-state index in [0.29, 0.717) is 0 Å². The smallest absolute Gasteiger partial charge is 0.288 e. The van der Waals surface area contributed by atoms with Crippen molar-refractivity contribution in [1.29, 1.82) is 0 Å². The fourth-order valence-electron chi connectivity index (χ4n) is 1.31. The Balaban J connectivity index is 2.17. The minimum absolute atomic E-state index is 0.00566. The van der Waals surface area contributed by atoms with Crippen LogP contribution in [0.25, 0.3) is 0 Å². The number of ether oxygens (including phenoxy) is 1. The summed E-state index contributed by atoms with van der Waals surface area (Å²) in [5.41, 5.74) is 5.02. The van der Waals surface area contributed by atoms with Crippen molar-refractivity contribution >= 4 is 5.91 Å². The topological polar surface area (TPSA) is 83.0 Å². The largest absolute Gasteiger partial charge is 0.474 e. The van der Waals surface area contributed by atoms with E-state index >= 15 is 0 Å². The molecule has 1 amide bonds. The molecule has 0 radical (unpaired) electrons. The molecule has 1 aromatic heterocycles. The molecule has 14 heavy (non-hydrogen) atoms. The quantitative estimate of drug-likeness (QED) is 0.728. The molecule has 1 fully saturated rings. The molecule has 6 nitrogen and oxygen atoms in total. The molecule has 1 atom stereocenters. The predicted octanol–water partition coefficient (Wildman–Crippen LogP) is 0.200. The number of nitrogens with zero attached hydrogens (tertiary/aromatic N) is 3. The first kappa shape index (κ1) is 8.74. The van der Waals surface area contributed by atoms with Gasteiger partial charge in [-0.1, -0.05) is 6.58 Å². The molecule has 74 valence electrons. The molecule has 0 spiro atoms. The maximum absolute atomic E-state index is 10.7. The van der Waals surface area contributed by atoms with E-state index in [1.54, 1.807) is 0 Å². The average Bonchev–Trinajstić information content (AvgIpc) is 2.70. The van der Waals surface area contributed by atoms with Crippen molar-refractivity contribution in [2.75, 3.05) is 0 Å². The van der Waals surface area contributed by atoms with Crippen LogP contribution in [0.3, 0.4) is 0 Å². The van der Waals surface area contributed by atoms with Gasteiger partial charge in [0.15, 0.2) is 6.23 Å². The Morgan fingerprint density at radius 1 is 1.79 bits per heavy atom. The van der Waals surface area contributed by atoms with E-state index in [2.05, 4.69) is 16.7 Å². The number of carbonyl (C=O) groups is 1. The molecule has 6 heteroatoms. The van der Waals surface area contributed by atoms with Gasteiger partial charge in [0.1, 0.15) is 6.33 Å². The normalized spacial score (nSPS) is 20.9. The van der Waals surface area contributed by atoms with Crippen LogP contribution >= 0.6 is 0 Å². The lowest BCUT2D eigenvalue weighted by molar-refractivity contribution is 0.0852. The van der Waals surface area contributed by atoms with Gasteiger partial charge in [-0.25, -0.2) is 9.67 Å². The van der Waals surface area contributed by atoms with Crippen molar-refractivity contribution in [2.24, 2.45) is 5.73 Å². The summed E-state index contributed by atoms with van der Waals surface area (Å²) < 4.78 is 6.84. The van der Waals surface area contributed by atoms with E-state index in [1.807, 2.05) is 0 Å². The van der Waals surface area contributed by atoms with Crippen LogP contribution in [0.2, 0.25) is 0 Å². The molecule has 2 rings (SSSR count). The fourth-order valence-corrected chi connectivity index (χ4v) is 1.31. The van der Waals surface area contributed by atoms with Crippen LogP contribution in [0.5, 0.6) is 0 Å². The van der Waals surface area contributed by atoms with Crippen LogP contribution in [-0.4, -0.2) is 20.7 Å². The van der Waals surface area contributed by atoms with Gasteiger partial charge >= 0.3 is 0 Å². The molecule has 0 bridgehead atoms. The van der Waals surface area contributed by atoms with Gasteiger partial charge in [-0.15, -0.1) is 5.10 Å². The SMILES string of the molecule is C=C1CC[C@H](n2cnc(C(N)=O)n2)O1. The molecular weight excluding hydrogens is 184 g/mol. The van der Waals surface area contributed by atoms with Crippen LogP contribution in [-0.2, 0) is 4.74 Å². The van der Waals surface area contributed by atoms with Crippen LogP contribution in [0.4, 0.5) is 0 Å². The van der Waals surface area contributed by atoms with Gasteiger partial charge < -0.3 is 10.5 Å². The standard InChI is InChI=1S/C8H10N4O2/c1-5-2-3-6(14-5)12-4-10-8(11-12)7(9)13/h4,6H,1-3H2,(H2,9,13)/t6-/m1/s1. The highest BCUT2D eigenvalue weighted by atomic mass is 16.5. The Kier molecular flexibility index (Phi) is 1.95. The summed E-state index contributed by atoms with van der Waals surface area (Å²) in [6, 6.07) is 0. The van der Waals surface area contributed by atoms with Gasteiger partial charge in [0, 0.05) is 12.8 Å². The minimum atomic E-state index is -0.638. The lowest BCUT2D eigenvalue weighted by Crippen LogP contribution is -2.15. The van der Waals surface area contributed by atoms with E-state index in [-0.39, 0.29) is 12.1 Å². The van der Waals surface area contributed by atoms with Crippen LogP contribution in [0.1, 0.15) is 29.7 Å². The van der Waals surface area contributed by atoms with Crippen molar-refractivity contribution < 1.29 is 9.53 Å². The molecule has 0 saturated carbocycles. The molecule has 0 aliphatic carbocycles. The predicted molar refractivity (Wildman–Crippen MR) is 47.0 cm³/mol. The molecule has 0 unspecified atom stereocenters. The lowest BCUT2D eigenvalue weighted by Gasteiger charge is -2.08. The first-order valence-corrected chi connectivity index (χ1v) is 4.22. The van der Waals surface area contributed by atoms with Crippen molar-refractivity contribution in [3.63, 3.8) is 0 Å². The average molecular weight is 194 g/mol. The molecular formula is C8H10N4O2. The Bertz CT molecular complexity index is 384. The number of aromatic nitrogens is 3. The highest BCUT2D eigenvalue weighted by Gasteiger charge is 2.22. The summed E-state index contributed by atoms with van der Waals surface area (Å²) in [6.45, 7) is 3.70. The van der Waals surface area contributed by atoms with Crippen molar-refractivity contribution in [3.05, 3.63) is 24.5 Å². The zero-order valence-corrected chi connectivity index (χ0v) is 7.51. The highest BCUT2D eigenvalue weighted by molar-refractivity contribution is 5.88. The first-order chi connectivity index (χ1) is 6.66. The number of hydrogen-bond acceptors (Lipinski definition) is 4. The van der Waals surface area contributed by atoms with Crippen LogP contribution in [0, 0.1) is 0 Å². The number of amides is 1. The van der Waals surface area contributed by atoms with Gasteiger partial charge in [-0.05, 0) is 0 Å². The van der Waals surface area contributed by atoms with Gasteiger partial charge in [0.25, 0.3) is 5.91 Å². The molecule has 1 aliphatic rings. The molecule has 1 saturated heterocycles. The maximum Gasteiger partial charge on any atom is 0.288 e. The molecule has 2 heterocycles. The first-order valence-electron chi connectivity index (χ1n) is 4.22. The highest BCUT2D eigenvalue weighted by Crippen LogP contribution is 2.28. The van der Waals surface area contributed by atoms with E-state index < -0.39 is 5.91 Å². The van der Waals surface area contributed by atoms with Crippen molar-refractivity contribution in [3.8, 4) is 0 Å². The zero-order chi connectivity index (χ0) is 10.1. The Labute approximate surface area is 80.4 Å². The van der Waals surface area contributed by atoms with E-state index in [1.165, 1.54) is 11.0 Å². The monoisotopic (exact) mass is 194 g/mol. The van der Waals surface area contributed by atoms with E-state index in [9.17, 15) is 4.79 Å². The van der Waals surface area contributed by atoms with Crippen LogP contribution < -0.4 is 5.73 Å². The van der Waals surface area contributed by atoms with Crippen molar-refractivity contribution in [2.45, 2.75) is 19.1 Å². The summed E-state index contributed by atoms with van der Waals surface area (Å²) in [5, 5.41) is 3.89. The number of rotatable bonds is 2. The summed E-state index contributed by atoms with van der Waals surface area (Å²) >= 11 is 0. The lowest BCUT2D eigenvalue weighted by atomic mass is 10.3. The number of carbonyl (C=O) groups excluding carboxylic acids is 1. The molecule has 1 aromatic rings.